The summed E-state index contributed by atoms with van der Waals surface area (Å²) < 4.78 is 10.5. The second kappa shape index (κ2) is 11.4. The monoisotopic (exact) mass is 300 g/mol. The van der Waals surface area contributed by atoms with Crippen LogP contribution in [0.25, 0.3) is 0 Å². The van der Waals surface area contributed by atoms with Gasteiger partial charge in [0.15, 0.2) is 0 Å². The number of methoxy groups -OCH3 is 2. The van der Waals surface area contributed by atoms with E-state index in [0.29, 0.717) is 5.41 Å². The molecule has 4 heteroatoms. The van der Waals surface area contributed by atoms with Crippen molar-refractivity contribution in [2.24, 2.45) is 5.41 Å². The van der Waals surface area contributed by atoms with Gasteiger partial charge in [-0.3, -0.25) is 0 Å². The number of rotatable bonds is 13. The molecule has 21 heavy (non-hydrogen) atoms. The van der Waals surface area contributed by atoms with E-state index in [9.17, 15) is 0 Å². The minimum Gasteiger partial charge on any atom is -0.385 e. The first kappa shape index (κ1) is 18.9. The Morgan fingerprint density at radius 3 is 2.38 bits per heavy atom. The first-order valence-corrected chi connectivity index (χ1v) is 8.67. The lowest BCUT2D eigenvalue weighted by atomic mass is 9.85. The highest BCUT2D eigenvalue weighted by Crippen LogP contribution is 2.38. The van der Waals surface area contributed by atoms with Gasteiger partial charge in [-0.05, 0) is 37.6 Å². The molecule has 1 aliphatic rings. The van der Waals surface area contributed by atoms with Crippen molar-refractivity contribution >= 4 is 0 Å². The van der Waals surface area contributed by atoms with E-state index in [1.807, 2.05) is 0 Å². The highest BCUT2D eigenvalue weighted by atomic mass is 16.5. The highest BCUT2D eigenvalue weighted by Gasteiger charge is 2.34. The molecule has 1 saturated carbocycles. The predicted octanol–water partition coefficient (Wildman–Crippen LogP) is 2.53. The van der Waals surface area contributed by atoms with E-state index in [4.69, 9.17) is 9.47 Å². The van der Waals surface area contributed by atoms with Crippen molar-refractivity contribution in [1.82, 2.24) is 10.2 Å². The maximum Gasteiger partial charge on any atom is 0.0589 e. The molecular formula is C17H36N2O2. The first-order chi connectivity index (χ1) is 10.3. The Balaban J connectivity index is 2.48. The van der Waals surface area contributed by atoms with Crippen LogP contribution in [0.5, 0.6) is 0 Å². The molecule has 0 aromatic carbocycles. The van der Waals surface area contributed by atoms with Crippen LogP contribution >= 0.6 is 0 Å². The third-order valence-corrected chi connectivity index (χ3v) is 4.58. The molecule has 126 valence electrons. The number of hydrogen-bond acceptors (Lipinski definition) is 4. The molecule has 0 aromatic heterocycles. The van der Waals surface area contributed by atoms with E-state index < -0.39 is 0 Å². The SMILES string of the molecule is CCCNCC1(CN(CCCOC)CCOC)CCCC1. The Morgan fingerprint density at radius 1 is 1.05 bits per heavy atom. The molecule has 0 aromatic rings. The predicted molar refractivity (Wildman–Crippen MR) is 88.9 cm³/mol. The summed E-state index contributed by atoms with van der Waals surface area (Å²) in [5.74, 6) is 0. The second-order valence-corrected chi connectivity index (χ2v) is 6.50. The molecule has 0 aliphatic heterocycles. The molecule has 0 radical (unpaired) electrons. The van der Waals surface area contributed by atoms with Crippen molar-refractivity contribution in [2.45, 2.75) is 45.4 Å². The van der Waals surface area contributed by atoms with Gasteiger partial charge in [-0.2, -0.15) is 0 Å². The highest BCUT2D eigenvalue weighted by molar-refractivity contribution is 4.89. The summed E-state index contributed by atoms with van der Waals surface area (Å²) in [5.41, 5.74) is 0.482. The van der Waals surface area contributed by atoms with E-state index in [-0.39, 0.29) is 0 Å². The topological polar surface area (TPSA) is 33.7 Å². The molecule has 1 N–H and O–H groups in total. The fourth-order valence-electron chi connectivity index (χ4n) is 3.44. The summed E-state index contributed by atoms with van der Waals surface area (Å²) >= 11 is 0. The van der Waals surface area contributed by atoms with E-state index in [1.54, 1.807) is 14.2 Å². The maximum atomic E-state index is 5.29. The molecule has 1 fully saturated rings. The van der Waals surface area contributed by atoms with Gasteiger partial charge in [-0.25, -0.2) is 0 Å². The van der Waals surface area contributed by atoms with Gasteiger partial charge in [-0.1, -0.05) is 19.8 Å². The minimum atomic E-state index is 0.482. The van der Waals surface area contributed by atoms with Crippen LogP contribution in [0.3, 0.4) is 0 Å². The van der Waals surface area contributed by atoms with Gasteiger partial charge in [0.25, 0.3) is 0 Å². The quantitative estimate of drug-likeness (QED) is 0.530. The van der Waals surface area contributed by atoms with E-state index in [1.165, 1.54) is 45.2 Å². The second-order valence-electron chi connectivity index (χ2n) is 6.50. The summed E-state index contributed by atoms with van der Waals surface area (Å²) in [7, 11) is 3.58. The van der Waals surface area contributed by atoms with E-state index >= 15 is 0 Å². The molecule has 0 saturated heterocycles. The fourth-order valence-corrected chi connectivity index (χ4v) is 3.44. The third kappa shape index (κ3) is 7.59. The first-order valence-electron chi connectivity index (χ1n) is 8.67. The molecule has 4 nitrogen and oxygen atoms in total. The minimum absolute atomic E-state index is 0.482. The zero-order chi connectivity index (χ0) is 15.4. The van der Waals surface area contributed by atoms with Gasteiger partial charge < -0.3 is 19.7 Å². The number of hydrogen-bond donors (Lipinski definition) is 1. The lowest BCUT2D eigenvalue weighted by molar-refractivity contribution is 0.0951. The van der Waals surface area contributed by atoms with E-state index in [0.717, 1.165) is 39.3 Å². The molecule has 0 bridgehead atoms. The van der Waals surface area contributed by atoms with Crippen molar-refractivity contribution in [3.63, 3.8) is 0 Å². The molecule has 0 amide bonds. The van der Waals surface area contributed by atoms with Gasteiger partial charge in [0, 0.05) is 47.0 Å². The maximum absolute atomic E-state index is 5.29. The smallest absolute Gasteiger partial charge is 0.0589 e. The number of nitrogens with one attached hydrogen (secondary N) is 1. The van der Waals surface area contributed by atoms with Crippen LogP contribution in [0.2, 0.25) is 0 Å². The average Bonchev–Trinajstić information content (AvgIpc) is 2.94. The molecule has 0 unspecified atom stereocenters. The fraction of sp³-hybridized carbons (Fsp3) is 1.00. The van der Waals surface area contributed by atoms with Gasteiger partial charge in [-0.15, -0.1) is 0 Å². The lowest BCUT2D eigenvalue weighted by Gasteiger charge is -2.36. The van der Waals surface area contributed by atoms with Crippen LogP contribution in [0.15, 0.2) is 0 Å². The van der Waals surface area contributed by atoms with Crippen molar-refractivity contribution in [3.05, 3.63) is 0 Å². The van der Waals surface area contributed by atoms with Crippen LogP contribution in [0.4, 0.5) is 0 Å². The molecule has 0 atom stereocenters. The van der Waals surface area contributed by atoms with Crippen LogP contribution in [0.1, 0.15) is 45.4 Å². The third-order valence-electron chi connectivity index (χ3n) is 4.58. The van der Waals surface area contributed by atoms with Crippen LogP contribution in [-0.2, 0) is 9.47 Å². The molecule has 1 rings (SSSR count). The Hall–Kier alpha value is -0.160. The summed E-state index contributed by atoms with van der Waals surface area (Å²) in [6.07, 6.45) is 7.86. The Kier molecular flexibility index (Phi) is 10.3. The van der Waals surface area contributed by atoms with Crippen molar-refractivity contribution in [3.8, 4) is 0 Å². The number of nitrogens with zero attached hydrogens (tertiary/aromatic N) is 1. The van der Waals surface area contributed by atoms with Crippen LogP contribution in [0, 0.1) is 5.41 Å². The molecule has 0 heterocycles. The average molecular weight is 300 g/mol. The van der Waals surface area contributed by atoms with Gasteiger partial charge in [0.1, 0.15) is 0 Å². The van der Waals surface area contributed by atoms with Crippen LogP contribution in [-0.4, -0.2) is 65.1 Å². The molecular weight excluding hydrogens is 264 g/mol. The normalized spacial score (nSPS) is 17.7. The van der Waals surface area contributed by atoms with Gasteiger partial charge in [0.05, 0.1) is 6.61 Å². The Bertz CT molecular complexity index is 243. The number of ether oxygens (including phenoxy) is 2. The zero-order valence-electron chi connectivity index (χ0n) is 14.5. The van der Waals surface area contributed by atoms with Crippen molar-refractivity contribution in [1.29, 1.82) is 0 Å². The van der Waals surface area contributed by atoms with Gasteiger partial charge >= 0.3 is 0 Å². The zero-order valence-corrected chi connectivity index (χ0v) is 14.5. The van der Waals surface area contributed by atoms with Crippen molar-refractivity contribution in [2.75, 3.05) is 60.2 Å². The van der Waals surface area contributed by atoms with Crippen LogP contribution < -0.4 is 5.32 Å². The van der Waals surface area contributed by atoms with Crippen molar-refractivity contribution < 1.29 is 9.47 Å². The summed E-state index contributed by atoms with van der Waals surface area (Å²) in [4.78, 5) is 2.58. The summed E-state index contributed by atoms with van der Waals surface area (Å²) in [5, 5.41) is 3.66. The summed E-state index contributed by atoms with van der Waals surface area (Å²) in [6, 6.07) is 0. The standard InChI is InChI=1S/C17H36N2O2/c1-4-10-18-15-17(8-5-6-9-17)16-19(12-14-21-3)11-7-13-20-2/h18H,4-16H2,1-3H3. The molecule has 0 spiro atoms. The molecule has 1 aliphatic carbocycles. The Morgan fingerprint density at radius 2 is 1.76 bits per heavy atom. The Labute approximate surface area is 131 Å². The lowest BCUT2D eigenvalue weighted by Crippen LogP contribution is -2.44. The summed E-state index contributed by atoms with van der Waals surface area (Å²) in [6.45, 7) is 9.59. The largest absolute Gasteiger partial charge is 0.385 e. The van der Waals surface area contributed by atoms with Gasteiger partial charge in [0.2, 0.25) is 0 Å². The van der Waals surface area contributed by atoms with E-state index in [2.05, 4.69) is 17.1 Å².